The van der Waals surface area contributed by atoms with Crippen LogP contribution in [0.5, 0.6) is 0 Å². The van der Waals surface area contributed by atoms with E-state index in [-0.39, 0.29) is 5.91 Å². The number of fused-ring (bicyclic) bond motifs is 3. The van der Waals surface area contributed by atoms with Crippen molar-refractivity contribution in [1.29, 1.82) is 0 Å². The summed E-state index contributed by atoms with van der Waals surface area (Å²) in [5.41, 5.74) is 1.77. The predicted molar refractivity (Wildman–Crippen MR) is 71.2 cm³/mol. The van der Waals surface area contributed by atoms with Crippen LogP contribution in [0.25, 0.3) is 16.8 Å². The third-order valence-electron chi connectivity index (χ3n) is 2.68. The Morgan fingerprint density at radius 2 is 2.17 bits per heavy atom. The van der Waals surface area contributed by atoms with E-state index in [9.17, 15) is 4.79 Å². The van der Waals surface area contributed by atoms with E-state index in [0.717, 1.165) is 16.8 Å². The summed E-state index contributed by atoms with van der Waals surface area (Å²) in [6.45, 7) is 3.56. The van der Waals surface area contributed by atoms with E-state index in [1.807, 2.05) is 31.2 Å². The van der Waals surface area contributed by atoms with Gasteiger partial charge in [-0.15, -0.1) is 5.10 Å². The predicted octanol–water partition coefficient (Wildman–Crippen LogP) is 2.46. The van der Waals surface area contributed by atoms with Gasteiger partial charge in [-0.3, -0.25) is 4.79 Å². The maximum absolute atomic E-state index is 11.7. The molecule has 0 saturated heterocycles. The number of hydrogen-bond acceptors (Lipinski definition) is 4. The molecule has 92 valence electrons. The summed E-state index contributed by atoms with van der Waals surface area (Å²) in [5.74, 6) is 1.38. The van der Waals surface area contributed by atoms with E-state index in [1.165, 1.54) is 18.7 Å². The number of hydrogen-bond donors (Lipinski definition) is 0. The van der Waals surface area contributed by atoms with Crippen molar-refractivity contribution in [3.63, 3.8) is 0 Å². The molecule has 0 fully saturated rings. The van der Waals surface area contributed by atoms with E-state index >= 15 is 0 Å². The molecule has 0 N–H and O–H groups in total. The van der Waals surface area contributed by atoms with Gasteiger partial charge in [0, 0.05) is 6.92 Å². The normalized spacial score (nSPS) is 11.4. The highest BCUT2D eigenvalue weighted by Gasteiger charge is 2.18. The summed E-state index contributed by atoms with van der Waals surface area (Å²) < 4.78 is 3.29. The van der Waals surface area contributed by atoms with Gasteiger partial charge < -0.3 is 0 Å². The lowest BCUT2D eigenvalue weighted by Crippen LogP contribution is -2.07. The van der Waals surface area contributed by atoms with Gasteiger partial charge in [0.2, 0.25) is 11.7 Å². The molecule has 0 bridgehead atoms. The maximum Gasteiger partial charge on any atom is 0.241 e. The van der Waals surface area contributed by atoms with Crippen molar-refractivity contribution in [1.82, 2.24) is 19.2 Å². The van der Waals surface area contributed by atoms with Crippen molar-refractivity contribution in [3.8, 4) is 0 Å². The lowest BCUT2D eigenvalue weighted by molar-refractivity contribution is 0.0931. The summed E-state index contributed by atoms with van der Waals surface area (Å²) in [4.78, 5) is 16.2. The molecule has 0 saturated carbocycles. The second-order valence-corrected chi connectivity index (χ2v) is 5.11. The topological polar surface area (TPSA) is 52.2 Å². The second kappa shape index (κ2) is 4.13. The summed E-state index contributed by atoms with van der Waals surface area (Å²) in [5, 5.41) is 5.16. The van der Waals surface area contributed by atoms with Gasteiger partial charge in [-0.1, -0.05) is 30.8 Å². The molecule has 18 heavy (non-hydrogen) atoms. The van der Waals surface area contributed by atoms with E-state index < -0.39 is 0 Å². The van der Waals surface area contributed by atoms with Crippen molar-refractivity contribution in [2.45, 2.75) is 19.0 Å². The minimum absolute atomic E-state index is 0.0660. The van der Waals surface area contributed by atoms with Crippen molar-refractivity contribution in [2.75, 3.05) is 5.75 Å². The number of aromatic nitrogens is 4. The standard InChI is InChI=1S/C12H12N4OS/c1-3-18-12-14-16-10-7-5-4-6-9(10)13-11(16)15(12)8(2)17/h4-7H,3H2,1-2H3. The first kappa shape index (κ1) is 11.3. The fourth-order valence-corrected chi connectivity index (χ4v) is 2.69. The Bertz CT molecular complexity index is 743. The second-order valence-electron chi connectivity index (χ2n) is 3.88. The first-order chi connectivity index (χ1) is 8.72. The van der Waals surface area contributed by atoms with Gasteiger partial charge in [0.05, 0.1) is 11.0 Å². The Kier molecular flexibility index (Phi) is 2.59. The maximum atomic E-state index is 11.7. The van der Waals surface area contributed by atoms with Gasteiger partial charge in [0.1, 0.15) is 0 Å². The number of thioether (sulfide) groups is 1. The molecule has 3 rings (SSSR count). The minimum atomic E-state index is -0.0660. The van der Waals surface area contributed by atoms with Crippen LogP contribution >= 0.6 is 11.8 Å². The van der Waals surface area contributed by atoms with Crippen LogP contribution in [0.4, 0.5) is 0 Å². The van der Waals surface area contributed by atoms with Crippen LogP contribution in [-0.4, -0.2) is 30.8 Å². The highest BCUT2D eigenvalue weighted by atomic mass is 32.2. The Morgan fingerprint density at radius 1 is 1.39 bits per heavy atom. The number of para-hydroxylation sites is 2. The van der Waals surface area contributed by atoms with Crippen LogP contribution in [-0.2, 0) is 0 Å². The molecule has 1 aromatic carbocycles. The SMILES string of the molecule is CCSc1nn2c3ccccc3nc2n1C(C)=O. The van der Waals surface area contributed by atoms with E-state index in [2.05, 4.69) is 10.1 Å². The highest BCUT2D eigenvalue weighted by Crippen LogP contribution is 2.22. The van der Waals surface area contributed by atoms with Gasteiger partial charge in [0.15, 0.2) is 5.16 Å². The molecule has 0 unspecified atom stereocenters. The Labute approximate surface area is 108 Å². The Morgan fingerprint density at radius 3 is 2.89 bits per heavy atom. The lowest BCUT2D eigenvalue weighted by atomic mass is 10.3. The van der Waals surface area contributed by atoms with Gasteiger partial charge in [-0.2, -0.15) is 4.52 Å². The largest absolute Gasteiger partial charge is 0.274 e. The summed E-state index contributed by atoms with van der Waals surface area (Å²) in [6, 6.07) is 7.73. The summed E-state index contributed by atoms with van der Waals surface area (Å²) in [6.07, 6.45) is 0. The molecule has 2 heterocycles. The average Bonchev–Trinajstić information content (AvgIpc) is 2.84. The van der Waals surface area contributed by atoms with Gasteiger partial charge in [0.25, 0.3) is 0 Å². The molecule has 0 aliphatic heterocycles. The first-order valence-corrected chi connectivity index (χ1v) is 6.71. The monoisotopic (exact) mass is 260 g/mol. The zero-order valence-electron chi connectivity index (χ0n) is 10.1. The molecule has 2 aromatic heterocycles. The van der Waals surface area contributed by atoms with E-state index in [0.29, 0.717) is 10.9 Å². The van der Waals surface area contributed by atoms with Crippen molar-refractivity contribution in [2.24, 2.45) is 0 Å². The molecule has 0 atom stereocenters. The van der Waals surface area contributed by atoms with Gasteiger partial charge in [-0.25, -0.2) is 9.55 Å². The molecule has 3 aromatic rings. The third-order valence-corrected chi connectivity index (χ3v) is 3.50. The molecular formula is C12H12N4OS. The number of carbonyl (C=O) groups is 1. The lowest BCUT2D eigenvalue weighted by Gasteiger charge is -1.99. The Hall–Kier alpha value is -1.82. The van der Waals surface area contributed by atoms with Gasteiger partial charge in [-0.05, 0) is 17.9 Å². The summed E-state index contributed by atoms with van der Waals surface area (Å²) >= 11 is 1.54. The van der Waals surface area contributed by atoms with Crippen molar-refractivity contribution in [3.05, 3.63) is 24.3 Å². The Balaban J connectivity index is 2.39. The third kappa shape index (κ3) is 1.53. The number of nitrogens with zero attached hydrogens (tertiary/aromatic N) is 4. The van der Waals surface area contributed by atoms with E-state index in [4.69, 9.17) is 0 Å². The van der Waals surface area contributed by atoms with Crippen LogP contribution < -0.4 is 0 Å². The zero-order valence-corrected chi connectivity index (χ0v) is 10.9. The molecule has 6 heteroatoms. The summed E-state index contributed by atoms with van der Waals surface area (Å²) in [7, 11) is 0. The molecule has 5 nitrogen and oxygen atoms in total. The van der Waals surface area contributed by atoms with Crippen LogP contribution in [0.2, 0.25) is 0 Å². The molecule has 0 spiro atoms. The van der Waals surface area contributed by atoms with Crippen LogP contribution in [0.3, 0.4) is 0 Å². The van der Waals surface area contributed by atoms with E-state index in [1.54, 1.807) is 9.08 Å². The van der Waals surface area contributed by atoms with Gasteiger partial charge >= 0.3 is 0 Å². The molecule has 0 amide bonds. The number of carbonyl (C=O) groups excluding carboxylic acids is 1. The van der Waals surface area contributed by atoms with Crippen molar-refractivity contribution < 1.29 is 4.79 Å². The van der Waals surface area contributed by atoms with Crippen molar-refractivity contribution >= 4 is 34.5 Å². The quantitative estimate of drug-likeness (QED) is 0.664. The highest BCUT2D eigenvalue weighted by molar-refractivity contribution is 7.99. The smallest absolute Gasteiger partial charge is 0.241 e. The number of rotatable bonds is 2. The fourth-order valence-electron chi connectivity index (χ4n) is 1.96. The molecular weight excluding hydrogens is 248 g/mol. The number of imidazole rings is 1. The first-order valence-electron chi connectivity index (χ1n) is 5.72. The molecule has 0 aliphatic rings. The molecule has 0 aliphatic carbocycles. The van der Waals surface area contributed by atoms with Crippen LogP contribution in [0.1, 0.15) is 18.6 Å². The van der Waals surface area contributed by atoms with Crippen LogP contribution in [0.15, 0.2) is 29.4 Å². The average molecular weight is 260 g/mol. The zero-order chi connectivity index (χ0) is 12.7. The fraction of sp³-hybridized carbons (Fsp3) is 0.250. The van der Waals surface area contributed by atoms with Crippen LogP contribution in [0, 0.1) is 0 Å². The minimum Gasteiger partial charge on any atom is -0.274 e. The number of benzene rings is 1. The molecule has 0 radical (unpaired) electrons.